The maximum atomic E-state index is 13.4. The fraction of sp³-hybridized carbons (Fsp3) is 0.0556. The Morgan fingerprint density at radius 3 is 2.38 bits per heavy atom. The van der Waals surface area contributed by atoms with Crippen molar-refractivity contribution in [1.29, 1.82) is 0 Å². The molecule has 1 aliphatic heterocycles. The average molecular weight is 341 g/mol. The van der Waals surface area contributed by atoms with Crippen LogP contribution >= 0.6 is 0 Å². The largest absolute Gasteiger partial charge is 0.616 e. The quantitative estimate of drug-likeness (QED) is 0.484. The van der Waals surface area contributed by atoms with Gasteiger partial charge in [0.15, 0.2) is 11.4 Å². The van der Waals surface area contributed by atoms with Gasteiger partial charge in [0.05, 0.1) is 0 Å². The Hall–Kier alpha value is -2.67. The van der Waals surface area contributed by atoms with Gasteiger partial charge in [-0.05, 0) is 37.3 Å². The lowest BCUT2D eigenvalue weighted by atomic mass is 10.1. The van der Waals surface area contributed by atoms with Gasteiger partial charge in [-0.2, -0.15) is 8.42 Å². The van der Waals surface area contributed by atoms with E-state index in [9.17, 15) is 13.6 Å². The zero-order valence-electron chi connectivity index (χ0n) is 12.9. The van der Waals surface area contributed by atoms with Gasteiger partial charge in [0.25, 0.3) is 15.3 Å². The first-order valence-electron chi connectivity index (χ1n) is 7.28. The fourth-order valence-electron chi connectivity index (χ4n) is 2.57. The number of rotatable bonds is 3. The second-order valence-corrected chi connectivity index (χ2v) is 6.13. The molecule has 1 aliphatic rings. The minimum atomic E-state index is -2.66. The fourth-order valence-corrected chi connectivity index (χ4v) is 3.29. The van der Waals surface area contributed by atoms with Crippen LogP contribution in [0, 0.1) is 5.21 Å². The molecule has 1 heterocycles. The Kier molecular flexibility index (Phi) is 4.35. The molecule has 0 saturated heterocycles. The minimum Gasteiger partial charge on any atom is -0.616 e. The van der Waals surface area contributed by atoms with E-state index in [0.717, 1.165) is 0 Å². The molecule has 122 valence electrons. The van der Waals surface area contributed by atoms with E-state index in [-0.39, 0.29) is 10.7 Å². The molecule has 24 heavy (non-hydrogen) atoms. The molecule has 3 rings (SSSR count). The van der Waals surface area contributed by atoms with E-state index in [0.29, 0.717) is 17.1 Å². The van der Waals surface area contributed by atoms with Gasteiger partial charge in [-0.15, -0.1) is 0 Å². The van der Waals surface area contributed by atoms with Crippen molar-refractivity contribution < 1.29 is 13.2 Å². The lowest BCUT2D eigenvalue weighted by Gasteiger charge is -2.39. The van der Waals surface area contributed by atoms with Crippen LogP contribution in [0.25, 0.3) is 0 Å². The van der Waals surface area contributed by atoms with Crippen LogP contribution in [0.4, 0.5) is 5.69 Å². The Bertz CT molecular complexity index is 954. The molecule has 2 aromatic carbocycles. The van der Waals surface area contributed by atoms with E-state index < -0.39 is 14.9 Å². The van der Waals surface area contributed by atoms with E-state index >= 15 is 0 Å². The molecule has 2 aromatic rings. The summed E-state index contributed by atoms with van der Waals surface area (Å²) in [5.41, 5.74) is 0.597. The van der Waals surface area contributed by atoms with E-state index in [1.165, 1.54) is 6.20 Å². The van der Waals surface area contributed by atoms with Gasteiger partial charge < -0.3 is 9.94 Å². The third-order valence-electron chi connectivity index (χ3n) is 3.63. The van der Waals surface area contributed by atoms with Gasteiger partial charge in [0.1, 0.15) is 11.9 Å². The highest BCUT2D eigenvalue weighted by atomic mass is 32.2. The number of hydroxylamine groups is 2. The molecule has 0 aliphatic carbocycles. The SMILES string of the molecule is CC1=CC=C[N+]([O-])(c2ccccc2Oc2ccccc2)C1=S(=O)=O. The predicted molar refractivity (Wildman–Crippen MR) is 94.9 cm³/mol. The second-order valence-electron chi connectivity index (χ2n) is 5.27. The van der Waals surface area contributed by atoms with Gasteiger partial charge in [-0.1, -0.05) is 30.3 Å². The number of quaternary nitrogens is 1. The first-order valence-corrected chi connectivity index (χ1v) is 8.35. The number of benzene rings is 2. The summed E-state index contributed by atoms with van der Waals surface area (Å²) in [4.78, 5) is -0.249. The molecule has 0 radical (unpaired) electrons. The van der Waals surface area contributed by atoms with Crippen molar-refractivity contribution in [2.45, 2.75) is 6.92 Å². The van der Waals surface area contributed by atoms with Gasteiger partial charge in [-0.25, -0.2) is 0 Å². The summed E-state index contributed by atoms with van der Waals surface area (Å²) in [6.07, 6.45) is 4.43. The van der Waals surface area contributed by atoms with Gasteiger partial charge in [0, 0.05) is 11.6 Å². The highest BCUT2D eigenvalue weighted by Gasteiger charge is 2.33. The monoisotopic (exact) mass is 341 g/mol. The summed E-state index contributed by atoms with van der Waals surface area (Å²) in [5.74, 6) is 0.871. The van der Waals surface area contributed by atoms with Crippen molar-refractivity contribution in [3.8, 4) is 11.5 Å². The first kappa shape index (κ1) is 16.2. The summed E-state index contributed by atoms with van der Waals surface area (Å²) < 4.78 is 27.9. The number of hydrogen-bond acceptors (Lipinski definition) is 4. The molecule has 0 fully saturated rings. The van der Waals surface area contributed by atoms with Crippen molar-refractivity contribution in [1.82, 2.24) is 4.65 Å². The molecule has 5 nitrogen and oxygen atoms in total. The summed E-state index contributed by atoms with van der Waals surface area (Å²) in [6, 6.07) is 15.6. The van der Waals surface area contributed by atoms with Crippen molar-refractivity contribution in [2.24, 2.45) is 0 Å². The van der Waals surface area contributed by atoms with Crippen LogP contribution in [0.2, 0.25) is 0 Å². The first-order chi connectivity index (χ1) is 11.5. The van der Waals surface area contributed by atoms with Crippen molar-refractivity contribution >= 4 is 21.0 Å². The maximum Gasteiger partial charge on any atom is 0.277 e. The van der Waals surface area contributed by atoms with E-state index in [2.05, 4.69) is 0 Å². The molecule has 0 spiro atoms. The van der Waals surface area contributed by atoms with Crippen LogP contribution in [0.3, 0.4) is 0 Å². The summed E-state index contributed by atoms with van der Waals surface area (Å²) in [7, 11) is -2.66. The van der Waals surface area contributed by atoms with Crippen LogP contribution in [-0.2, 0) is 10.3 Å². The Morgan fingerprint density at radius 1 is 1.00 bits per heavy atom. The zero-order valence-corrected chi connectivity index (χ0v) is 13.7. The van der Waals surface area contributed by atoms with Crippen molar-refractivity contribution in [2.75, 3.05) is 0 Å². The van der Waals surface area contributed by atoms with E-state index in [4.69, 9.17) is 4.74 Å². The third kappa shape index (κ3) is 2.90. The second kappa shape index (κ2) is 6.45. The smallest absolute Gasteiger partial charge is 0.277 e. The standard InChI is InChI=1S/C18H15NO4S/c1-14-8-7-13-19(20,18(14)24(21)22)16-11-5-6-12-17(16)23-15-9-3-2-4-10-15/h2-13H,1H3. The molecular formula is C18H15NO4S. The number of ether oxygens (including phenoxy) is 1. The molecule has 0 aromatic heterocycles. The van der Waals surface area contributed by atoms with Gasteiger partial charge in [-0.3, -0.25) is 4.65 Å². The molecule has 0 saturated carbocycles. The summed E-state index contributed by atoms with van der Waals surface area (Å²) >= 11 is 0. The maximum absolute atomic E-state index is 13.4. The molecule has 0 N–H and O–H groups in total. The van der Waals surface area contributed by atoms with Crippen LogP contribution in [0.5, 0.6) is 11.5 Å². The Balaban J connectivity index is 2.15. The molecular weight excluding hydrogens is 326 g/mol. The zero-order chi connectivity index (χ0) is 17.2. The lowest BCUT2D eigenvalue weighted by Crippen LogP contribution is -2.46. The molecule has 1 atom stereocenters. The van der Waals surface area contributed by atoms with Crippen molar-refractivity contribution in [3.63, 3.8) is 0 Å². The molecule has 0 bridgehead atoms. The molecule has 6 heteroatoms. The normalized spacial score (nSPS) is 19.8. The van der Waals surface area contributed by atoms with Gasteiger partial charge >= 0.3 is 0 Å². The Labute approximate surface area is 141 Å². The minimum absolute atomic E-state index is 0.198. The summed E-state index contributed by atoms with van der Waals surface area (Å²) in [5, 5.41) is 13.4. The number of nitrogens with zero attached hydrogens (tertiary/aromatic N) is 1. The Morgan fingerprint density at radius 2 is 1.67 bits per heavy atom. The lowest BCUT2D eigenvalue weighted by molar-refractivity contribution is 0.474. The highest BCUT2D eigenvalue weighted by Crippen LogP contribution is 2.38. The number of para-hydroxylation sites is 3. The highest BCUT2D eigenvalue weighted by molar-refractivity contribution is 7.73. The van der Waals surface area contributed by atoms with Crippen molar-refractivity contribution in [3.05, 3.63) is 83.7 Å². The summed E-state index contributed by atoms with van der Waals surface area (Å²) in [6.45, 7) is 1.60. The average Bonchev–Trinajstić information content (AvgIpc) is 2.56. The van der Waals surface area contributed by atoms with Crippen LogP contribution in [0.1, 0.15) is 6.92 Å². The van der Waals surface area contributed by atoms with E-state index in [1.807, 2.05) is 18.2 Å². The van der Waals surface area contributed by atoms with Gasteiger partial charge in [0.2, 0.25) is 0 Å². The predicted octanol–water partition coefficient (Wildman–Crippen LogP) is 3.77. The number of hydrogen-bond donors (Lipinski definition) is 0. The number of allylic oxidation sites excluding steroid dienone is 2. The third-order valence-corrected chi connectivity index (χ3v) is 4.54. The van der Waals surface area contributed by atoms with E-state index in [1.54, 1.807) is 55.5 Å². The molecule has 0 amide bonds. The molecule has 1 unspecified atom stereocenters. The van der Waals surface area contributed by atoms with Crippen LogP contribution in [0.15, 0.2) is 78.5 Å². The topological polar surface area (TPSA) is 66.4 Å². The van der Waals surface area contributed by atoms with Crippen LogP contribution in [-0.4, -0.2) is 13.4 Å². The van der Waals surface area contributed by atoms with Crippen LogP contribution < -0.4 is 9.38 Å².